The zero-order valence-corrected chi connectivity index (χ0v) is 10.4. The van der Waals surface area contributed by atoms with Crippen molar-refractivity contribution in [2.24, 2.45) is 0 Å². The summed E-state index contributed by atoms with van der Waals surface area (Å²) < 4.78 is 13.0. The normalized spacial score (nSPS) is 9.95. The molecule has 19 heavy (non-hydrogen) atoms. The summed E-state index contributed by atoms with van der Waals surface area (Å²) in [7, 11) is 0. The summed E-state index contributed by atoms with van der Waals surface area (Å²) in [6.07, 6.45) is 0.181. The Morgan fingerprint density at radius 3 is 2.53 bits per heavy atom. The topological polar surface area (TPSA) is 29.1 Å². The summed E-state index contributed by atoms with van der Waals surface area (Å²) in [6, 6.07) is 15.1. The van der Waals surface area contributed by atoms with Gasteiger partial charge in [0, 0.05) is 16.9 Å². The first-order chi connectivity index (χ1) is 9.15. The molecule has 2 rings (SSSR count). The Kier molecular flexibility index (Phi) is 4.08. The zero-order valence-electron chi connectivity index (χ0n) is 10.4. The molecule has 0 aliphatic heterocycles. The molecule has 0 heterocycles. The third kappa shape index (κ3) is 3.78. The Balaban J connectivity index is 1.97. The number of allylic oxidation sites excluding steroid dienone is 1. The fourth-order valence-corrected chi connectivity index (χ4v) is 1.73. The second kappa shape index (κ2) is 5.96. The summed E-state index contributed by atoms with van der Waals surface area (Å²) in [5.41, 5.74) is 1.77. The van der Waals surface area contributed by atoms with Crippen LogP contribution in [0.1, 0.15) is 16.8 Å². The predicted molar refractivity (Wildman–Crippen MR) is 74.6 cm³/mol. The maximum Gasteiger partial charge on any atom is 0.168 e. The Labute approximate surface area is 111 Å². The van der Waals surface area contributed by atoms with Crippen molar-refractivity contribution in [1.82, 2.24) is 0 Å². The summed E-state index contributed by atoms with van der Waals surface area (Å²) in [4.78, 5) is 11.9. The van der Waals surface area contributed by atoms with Gasteiger partial charge >= 0.3 is 0 Å². The van der Waals surface area contributed by atoms with Gasteiger partial charge in [0.05, 0.1) is 6.42 Å². The molecule has 2 aromatic rings. The molecule has 0 aliphatic carbocycles. The van der Waals surface area contributed by atoms with Gasteiger partial charge in [-0.3, -0.25) is 4.79 Å². The minimum Gasteiger partial charge on any atom is -0.359 e. The SMILES string of the molecule is C=C(CC(=O)c1ccccc1)Nc1cccc(F)c1. The number of hydrogen-bond acceptors (Lipinski definition) is 2. The van der Waals surface area contributed by atoms with Crippen molar-refractivity contribution < 1.29 is 9.18 Å². The van der Waals surface area contributed by atoms with E-state index in [0.717, 1.165) is 0 Å². The molecule has 0 radical (unpaired) electrons. The Morgan fingerprint density at radius 2 is 1.84 bits per heavy atom. The van der Waals surface area contributed by atoms with Crippen molar-refractivity contribution in [3.05, 3.63) is 78.3 Å². The van der Waals surface area contributed by atoms with E-state index in [9.17, 15) is 9.18 Å². The molecular weight excluding hydrogens is 241 g/mol. The summed E-state index contributed by atoms with van der Waals surface area (Å²) in [5.74, 6) is -0.346. The number of benzene rings is 2. The second-order valence-corrected chi connectivity index (χ2v) is 4.20. The molecule has 0 saturated carbocycles. The molecule has 2 nitrogen and oxygen atoms in total. The molecule has 0 saturated heterocycles. The molecule has 0 amide bonds. The van der Waals surface area contributed by atoms with Crippen molar-refractivity contribution in [3.8, 4) is 0 Å². The number of carbonyl (C=O) groups is 1. The van der Waals surface area contributed by atoms with E-state index in [4.69, 9.17) is 0 Å². The van der Waals surface area contributed by atoms with E-state index in [-0.39, 0.29) is 18.0 Å². The van der Waals surface area contributed by atoms with E-state index in [1.54, 1.807) is 24.3 Å². The van der Waals surface area contributed by atoms with Crippen molar-refractivity contribution in [2.75, 3.05) is 5.32 Å². The second-order valence-electron chi connectivity index (χ2n) is 4.20. The third-order valence-corrected chi connectivity index (χ3v) is 2.62. The molecule has 0 atom stereocenters. The van der Waals surface area contributed by atoms with Crippen LogP contribution in [0.2, 0.25) is 0 Å². The van der Waals surface area contributed by atoms with Crippen LogP contribution in [0.4, 0.5) is 10.1 Å². The average Bonchev–Trinajstić information content (AvgIpc) is 2.39. The van der Waals surface area contributed by atoms with Gasteiger partial charge in [-0.05, 0) is 18.2 Å². The van der Waals surface area contributed by atoms with Gasteiger partial charge < -0.3 is 5.32 Å². The number of halogens is 1. The lowest BCUT2D eigenvalue weighted by Crippen LogP contribution is -2.06. The number of carbonyl (C=O) groups excluding carboxylic acids is 1. The molecule has 0 unspecified atom stereocenters. The highest BCUT2D eigenvalue weighted by Gasteiger charge is 2.07. The highest BCUT2D eigenvalue weighted by Crippen LogP contribution is 2.14. The van der Waals surface area contributed by atoms with Gasteiger partial charge in [0.15, 0.2) is 5.78 Å². The molecule has 0 bridgehead atoms. The predicted octanol–water partition coefficient (Wildman–Crippen LogP) is 4.02. The van der Waals surface area contributed by atoms with Gasteiger partial charge in [-0.2, -0.15) is 0 Å². The number of Topliss-reactive ketones (excluding diaryl/α,β-unsaturated/α-hetero) is 1. The van der Waals surface area contributed by atoms with Gasteiger partial charge in [0.25, 0.3) is 0 Å². The van der Waals surface area contributed by atoms with Crippen LogP contribution in [0.15, 0.2) is 66.9 Å². The van der Waals surface area contributed by atoms with Crippen LogP contribution in [-0.4, -0.2) is 5.78 Å². The number of rotatable bonds is 5. The first-order valence-corrected chi connectivity index (χ1v) is 5.94. The lowest BCUT2D eigenvalue weighted by Gasteiger charge is -2.09. The monoisotopic (exact) mass is 255 g/mol. The standard InChI is InChI=1S/C16H14FNO/c1-12(18-15-9-5-8-14(17)11-15)10-16(19)13-6-3-2-4-7-13/h2-9,11,18H,1,10H2. The van der Waals surface area contributed by atoms with Crippen molar-refractivity contribution in [2.45, 2.75) is 6.42 Å². The van der Waals surface area contributed by atoms with Crippen LogP contribution in [0.3, 0.4) is 0 Å². The molecule has 0 aromatic heterocycles. The van der Waals surface area contributed by atoms with Crippen LogP contribution >= 0.6 is 0 Å². The van der Waals surface area contributed by atoms with Crippen molar-refractivity contribution in [3.63, 3.8) is 0 Å². The quantitative estimate of drug-likeness (QED) is 0.817. The van der Waals surface area contributed by atoms with E-state index < -0.39 is 0 Å². The van der Waals surface area contributed by atoms with Gasteiger partial charge in [0.2, 0.25) is 0 Å². The lowest BCUT2D eigenvalue weighted by atomic mass is 10.1. The smallest absolute Gasteiger partial charge is 0.168 e. The molecule has 1 N–H and O–H groups in total. The number of ketones is 1. The summed E-state index contributed by atoms with van der Waals surface area (Å²) in [5, 5.41) is 2.93. The minimum absolute atomic E-state index is 0.0190. The lowest BCUT2D eigenvalue weighted by molar-refractivity contribution is 0.0993. The van der Waals surface area contributed by atoms with Crippen molar-refractivity contribution in [1.29, 1.82) is 0 Å². The Morgan fingerprint density at radius 1 is 1.11 bits per heavy atom. The highest BCUT2D eigenvalue weighted by atomic mass is 19.1. The Bertz CT molecular complexity index is 593. The van der Waals surface area contributed by atoms with E-state index >= 15 is 0 Å². The maximum absolute atomic E-state index is 13.0. The third-order valence-electron chi connectivity index (χ3n) is 2.62. The highest BCUT2D eigenvalue weighted by molar-refractivity contribution is 5.97. The van der Waals surface area contributed by atoms with Gasteiger partial charge in [-0.15, -0.1) is 0 Å². The van der Waals surface area contributed by atoms with E-state index in [2.05, 4.69) is 11.9 Å². The Hall–Kier alpha value is -2.42. The number of nitrogens with one attached hydrogen (secondary N) is 1. The number of anilines is 1. The molecular formula is C16H14FNO. The molecule has 0 aliphatic rings. The minimum atomic E-state index is -0.327. The van der Waals surface area contributed by atoms with Crippen LogP contribution in [0.5, 0.6) is 0 Å². The summed E-state index contributed by atoms with van der Waals surface area (Å²) >= 11 is 0. The molecule has 96 valence electrons. The summed E-state index contributed by atoms with van der Waals surface area (Å²) in [6.45, 7) is 3.79. The van der Waals surface area contributed by atoms with E-state index in [1.165, 1.54) is 12.1 Å². The molecule has 3 heteroatoms. The zero-order chi connectivity index (χ0) is 13.7. The van der Waals surface area contributed by atoms with Crippen LogP contribution in [0.25, 0.3) is 0 Å². The first kappa shape index (κ1) is 13.0. The van der Waals surface area contributed by atoms with Gasteiger partial charge in [-0.25, -0.2) is 4.39 Å². The fraction of sp³-hybridized carbons (Fsp3) is 0.0625. The molecule has 0 spiro atoms. The van der Waals surface area contributed by atoms with Gasteiger partial charge in [-0.1, -0.05) is 43.0 Å². The van der Waals surface area contributed by atoms with Crippen LogP contribution in [-0.2, 0) is 0 Å². The van der Waals surface area contributed by atoms with Crippen LogP contribution in [0, 0.1) is 5.82 Å². The molecule has 2 aromatic carbocycles. The van der Waals surface area contributed by atoms with E-state index in [0.29, 0.717) is 16.9 Å². The van der Waals surface area contributed by atoms with E-state index in [1.807, 2.05) is 18.2 Å². The maximum atomic E-state index is 13.0. The first-order valence-electron chi connectivity index (χ1n) is 5.94. The molecule has 0 fully saturated rings. The van der Waals surface area contributed by atoms with Gasteiger partial charge in [0.1, 0.15) is 5.82 Å². The van der Waals surface area contributed by atoms with Crippen LogP contribution < -0.4 is 5.32 Å². The fourth-order valence-electron chi connectivity index (χ4n) is 1.73. The average molecular weight is 255 g/mol. The largest absolute Gasteiger partial charge is 0.359 e. The number of hydrogen-bond donors (Lipinski definition) is 1. The van der Waals surface area contributed by atoms with Crippen molar-refractivity contribution >= 4 is 11.5 Å².